The maximum Gasteiger partial charge on any atom is 0.261 e. The Hall–Kier alpha value is -3.24. The molecule has 1 fully saturated rings. The summed E-state index contributed by atoms with van der Waals surface area (Å²) < 4.78 is 19.9. The molecule has 1 atom stereocenters. The second-order valence-corrected chi connectivity index (χ2v) is 8.80. The molecule has 1 unspecified atom stereocenters. The van der Waals surface area contributed by atoms with Gasteiger partial charge in [0.15, 0.2) is 0 Å². The molecule has 0 bridgehead atoms. The van der Waals surface area contributed by atoms with Gasteiger partial charge in [0.25, 0.3) is 17.4 Å². The van der Waals surface area contributed by atoms with E-state index in [0.29, 0.717) is 48.8 Å². The van der Waals surface area contributed by atoms with Crippen molar-refractivity contribution in [3.8, 4) is 0 Å². The van der Waals surface area contributed by atoms with Crippen molar-refractivity contribution in [2.45, 2.75) is 32.2 Å². The second-order valence-electron chi connectivity index (χ2n) is 8.80. The van der Waals surface area contributed by atoms with E-state index in [1.807, 2.05) is 4.90 Å². The number of rotatable bonds is 6. The van der Waals surface area contributed by atoms with E-state index in [1.54, 1.807) is 18.2 Å². The quantitative estimate of drug-likeness (QED) is 0.605. The summed E-state index contributed by atoms with van der Waals surface area (Å²) in [7, 11) is 0. The van der Waals surface area contributed by atoms with Gasteiger partial charge in [0, 0.05) is 31.4 Å². The number of carbonyl (C=O) groups is 2. The predicted molar refractivity (Wildman–Crippen MR) is 120 cm³/mol. The number of alkyl halides is 1. The molecule has 10 heteroatoms. The molecule has 2 aromatic rings. The lowest BCUT2D eigenvalue weighted by molar-refractivity contribution is -0.0159. The van der Waals surface area contributed by atoms with E-state index in [1.165, 1.54) is 31.0 Å². The number of anilines is 2. The summed E-state index contributed by atoms with van der Waals surface area (Å²) in [5.41, 5.74) is 0.0352. The molecule has 33 heavy (non-hydrogen) atoms. The fourth-order valence-corrected chi connectivity index (χ4v) is 3.93. The number of ether oxygens (including phenoxy) is 1. The van der Waals surface area contributed by atoms with E-state index < -0.39 is 23.2 Å². The Bertz CT molecular complexity index is 1120. The Kier molecular flexibility index (Phi) is 6.22. The van der Waals surface area contributed by atoms with Gasteiger partial charge in [0.2, 0.25) is 0 Å². The van der Waals surface area contributed by atoms with Crippen molar-refractivity contribution in [3.05, 3.63) is 57.5 Å². The van der Waals surface area contributed by atoms with Crippen molar-refractivity contribution in [1.82, 2.24) is 9.88 Å². The van der Waals surface area contributed by atoms with E-state index in [9.17, 15) is 23.9 Å². The third-order valence-corrected chi connectivity index (χ3v) is 5.91. The number of H-pyrrole nitrogens is 1. The van der Waals surface area contributed by atoms with Gasteiger partial charge in [-0.25, -0.2) is 4.39 Å². The highest BCUT2D eigenvalue weighted by molar-refractivity contribution is 6.07. The Labute approximate surface area is 190 Å². The minimum Gasteiger partial charge on any atom is -0.387 e. The lowest BCUT2D eigenvalue weighted by Gasteiger charge is -2.31. The number of hydrogen-bond acceptors (Lipinski definition) is 6. The van der Waals surface area contributed by atoms with Crippen LogP contribution in [0.15, 0.2) is 35.3 Å². The monoisotopic (exact) mass is 458 g/mol. The van der Waals surface area contributed by atoms with E-state index in [4.69, 9.17) is 4.74 Å². The molecule has 0 radical (unpaired) electrons. The standard InChI is InChI=1S/C23H27FN4O5/c1-23(2,32)19(24)13-28-12-14-10-17(26-21(30)15-4-3-5-25-20(15)29)18(11-16(14)22(28)31)27-6-8-33-9-7-27/h3-5,10-11,19,32H,6-9,12-13H2,1-2H3,(H,25,29)(H,26,30). The Balaban J connectivity index is 1.67. The van der Waals surface area contributed by atoms with Crippen LogP contribution >= 0.6 is 0 Å². The first-order valence-electron chi connectivity index (χ1n) is 10.8. The van der Waals surface area contributed by atoms with Gasteiger partial charge in [-0.05, 0) is 43.7 Å². The zero-order valence-electron chi connectivity index (χ0n) is 18.6. The van der Waals surface area contributed by atoms with Crippen LogP contribution in [0.3, 0.4) is 0 Å². The van der Waals surface area contributed by atoms with Crippen LogP contribution in [0.2, 0.25) is 0 Å². The summed E-state index contributed by atoms with van der Waals surface area (Å²) in [6.45, 7) is 4.76. The van der Waals surface area contributed by atoms with Crippen LogP contribution < -0.4 is 15.8 Å². The highest BCUT2D eigenvalue weighted by Crippen LogP contribution is 2.35. The Morgan fingerprint density at radius 3 is 2.70 bits per heavy atom. The topological polar surface area (TPSA) is 115 Å². The fourth-order valence-electron chi connectivity index (χ4n) is 3.93. The number of nitrogens with zero attached hydrogens (tertiary/aromatic N) is 2. The van der Waals surface area contributed by atoms with Crippen LogP contribution in [-0.4, -0.2) is 71.4 Å². The molecule has 2 amide bonds. The van der Waals surface area contributed by atoms with Crippen LogP contribution in [0.4, 0.5) is 15.8 Å². The Morgan fingerprint density at radius 1 is 1.30 bits per heavy atom. The van der Waals surface area contributed by atoms with E-state index in [2.05, 4.69) is 10.3 Å². The van der Waals surface area contributed by atoms with Crippen molar-refractivity contribution >= 4 is 23.2 Å². The van der Waals surface area contributed by atoms with Crippen molar-refractivity contribution in [2.75, 3.05) is 43.1 Å². The van der Waals surface area contributed by atoms with Gasteiger partial charge < -0.3 is 29.9 Å². The van der Waals surface area contributed by atoms with E-state index >= 15 is 0 Å². The van der Waals surface area contributed by atoms with Gasteiger partial charge >= 0.3 is 0 Å². The molecular weight excluding hydrogens is 431 g/mol. The predicted octanol–water partition coefficient (Wildman–Crippen LogP) is 1.53. The average molecular weight is 458 g/mol. The molecule has 176 valence electrons. The third-order valence-electron chi connectivity index (χ3n) is 5.91. The molecule has 4 rings (SSSR count). The van der Waals surface area contributed by atoms with Crippen molar-refractivity contribution < 1.29 is 23.8 Å². The maximum atomic E-state index is 14.4. The van der Waals surface area contributed by atoms with Gasteiger partial charge in [-0.15, -0.1) is 0 Å². The van der Waals surface area contributed by atoms with Crippen LogP contribution in [0.1, 0.15) is 40.1 Å². The maximum absolute atomic E-state index is 14.4. The number of hydrogen-bond donors (Lipinski definition) is 3. The number of halogens is 1. The number of aliphatic hydroxyl groups is 1. The lowest BCUT2D eigenvalue weighted by Crippen LogP contribution is -2.42. The number of aromatic nitrogens is 1. The molecule has 3 heterocycles. The number of nitrogens with one attached hydrogen (secondary N) is 2. The Morgan fingerprint density at radius 2 is 2.03 bits per heavy atom. The van der Waals surface area contributed by atoms with Crippen LogP contribution in [-0.2, 0) is 11.3 Å². The molecule has 0 spiro atoms. The molecule has 1 saturated heterocycles. The number of morpholine rings is 1. The zero-order chi connectivity index (χ0) is 23.8. The molecule has 9 nitrogen and oxygen atoms in total. The molecule has 2 aliphatic heterocycles. The summed E-state index contributed by atoms with van der Waals surface area (Å²) in [5.74, 6) is -0.901. The highest BCUT2D eigenvalue weighted by atomic mass is 19.1. The summed E-state index contributed by atoms with van der Waals surface area (Å²) in [4.78, 5) is 43.7. The minimum absolute atomic E-state index is 0.0333. The summed E-state index contributed by atoms with van der Waals surface area (Å²) in [5, 5.41) is 12.7. The zero-order valence-corrected chi connectivity index (χ0v) is 18.6. The van der Waals surface area contributed by atoms with E-state index in [-0.39, 0.29) is 24.6 Å². The number of aromatic amines is 1. The molecule has 1 aromatic carbocycles. The molecule has 1 aromatic heterocycles. The normalized spacial score (nSPS) is 17.2. The van der Waals surface area contributed by atoms with Crippen molar-refractivity contribution in [2.24, 2.45) is 0 Å². The first-order valence-corrected chi connectivity index (χ1v) is 10.8. The number of pyridine rings is 1. The molecule has 0 saturated carbocycles. The van der Waals surface area contributed by atoms with Gasteiger partial charge in [-0.1, -0.05) is 0 Å². The minimum atomic E-state index is -1.61. The van der Waals surface area contributed by atoms with Gasteiger partial charge in [-0.3, -0.25) is 14.4 Å². The number of fused-ring (bicyclic) bond motifs is 1. The average Bonchev–Trinajstić information content (AvgIpc) is 3.07. The summed E-state index contributed by atoms with van der Waals surface area (Å²) >= 11 is 0. The van der Waals surface area contributed by atoms with Crippen molar-refractivity contribution in [3.63, 3.8) is 0 Å². The van der Waals surface area contributed by atoms with Crippen molar-refractivity contribution in [1.29, 1.82) is 0 Å². The van der Waals surface area contributed by atoms with Gasteiger partial charge in [-0.2, -0.15) is 0 Å². The summed E-state index contributed by atoms with van der Waals surface area (Å²) in [6, 6.07) is 6.39. The fraction of sp³-hybridized carbons (Fsp3) is 0.435. The molecule has 0 aliphatic carbocycles. The largest absolute Gasteiger partial charge is 0.387 e. The number of amides is 2. The lowest BCUT2D eigenvalue weighted by atomic mass is 10.0. The number of benzene rings is 1. The third kappa shape index (κ3) is 4.76. The number of carbonyl (C=O) groups excluding carboxylic acids is 2. The van der Waals surface area contributed by atoms with E-state index in [0.717, 1.165) is 0 Å². The van der Waals surface area contributed by atoms with Gasteiger partial charge in [0.1, 0.15) is 11.7 Å². The first-order chi connectivity index (χ1) is 15.6. The molecule has 2 aliphatic rings. The first kappa shape index (κ1) is 22.9. The summed E-state index contributed by atoms with van der Waals surface area (Å²) in [6.07, 6.45) is -0.168. The van der Waals surface area contributed by atoms with Gasteiger partial charge in [0.05, 0.1) is 36.7 Å². The van der Waals surface area contributed by atoms with Crippen LogP contribution in [0.5, 0.6) is 0 Å². The second kappa shape index (κ2) is 8.95. The molecule has 3 N–H and O–H groups in total. The molecular formula is C23H27FN4O5. The SMILES string of the molecule is CC(C)(O)C(F)CN1Cc2cc(NC(=O)c3ccc[nH]c3=O)c(N3CCOCC3)cc2C1=O. The highest BCUT2D eigenvalue weighted by Gasteiger charge is 2.35. The smallest absolute Gasteiger partial charge is 0.261 e. The van der Waals surface area contributed by atoms with Crippen LogP contribution in [0, 0.1) is 0 Å². The van der Waals surface area contributed by atoms with Crippen LogP contribution in [0.25, 0.3) is 0 Å².